The highest BCUT2D eigenvalue weighted by atomic mass is 19.1. The van der Waals surface area contributed by atoms with E-state index in [0.717, 1.165) is 11.1 Å². The van der Waals surface area contributed by atoms with E-state index in [1.54, 1.807) is 42.1 Å². The molecule has 0 saturated heterocycles. The molecule has 1 aromatic heterocycles. The molecule has 0 atom stereocenters. The number of rotatable bonds is 5. The second-order valence-electron chi connectivity index (χ2n) is 5.34. The first kappa shape index (κ1) is 15.8. The van der Waals surface area contributed by atoms with Crippen LogP contribution < -0.4 is 5.32 Å². The number of aromatic nitrogens is 4. The van der Waals surface area contributed by atoms with Crippen molar-refractivity contribution >= 4 is 5.91 Å². The van der Waals surface area contributed by atoms with Crippen molar-refractivity contribution < 1.29 is 9.18 Å². The van der Waals surface area contributed by atoms with Crippen LogP contribution in [0.3, 0.4) is 0 Å². The van der Waals surface area contributed by atoms with Crippen LogP contribution in [-0.2, 0) is 13.5 Å². The summed E-state index contributed by atoms with van der Waals surface area (Å²) in [5.41, 5.74) is 2.28. The molecule has 6 nitrogen and oxygen atoms in total. The van der Waals surface area contributed by atoms with E-state index in [9.17, 15) is 9.18 Å². The van der Waals surface area contributed by atoms with E-state index in [0.29, 0.717) is 24.4 Å². The fourth-order valence-corrected chi connectivity index (χ4v) is 2.35. The van der Waals surface area contributed by atoms with Crippen molar-refractivity contribution in [3.05, 3.63) is 65.5 Å². The van der Waals surface area contributed by atoms with Crippen molar-refractivity contribution in [1.82, 2.24) is 25.5 Å². The van der Waals surface area contributed by atoms with Gasteiger partial charge in [0, 0.05) is 24.7 Å². The van der Waals surface area contributed by atoms with Crippen molar-refractivity contribution in [1.29, 1.82) is 0 Å². The number of hydrogen-bond donors (Lipinski definition) is 1. The highest BCUT2D eigenvalue weighted by molar-refractivity contribution is 5.95. The molecule has 3 aromatic rings. The molecule has 0 aliphatic rings. The summed E-state index contributed by atoms with van der Waals surface area (Å²) in [6.07, 6.45) is 0.638. The van der Waals surface area contributed by atoms with Gasteiger partial charge in [-0.25, -0.2) is 9.07 Å². The Balaban J connectivity index is 1.63. The lowest BCUT2D eigenvalue weighted by Gasteiger charge is -2.07. The Morgan fingerprint density at radius 3 is 2.71 bits per heavy atom. The summed E-state index contributed by atoms with van der Waals surface area (Å²) < 4.78 is 14.4. The minimum absolute atomic E-state index is 0.172. The quantitative estimate of drug-likeness (QED) is 0.778. The van der Waals surface area contributed by atoms with E-state index in [-0.39, 0.29) is 11.7 Å². The molecule has 0 fully saturated rings. The van der Waals surface area contributed by atoms with Gasteiger partial charge in [-0.3, -0.25) is 4.79 Å². The van der Waals surface area contributed by atoms with E-state index < -0.39 is 0 Å². The average Bonchev–Trinajstić information content (AvgIpc) is 3.03. The molecule has 0 bridgehead atoms. The zero-order chi connectivity index (χ0) is 16.9. The highest BCUT2D eigenvalue weighted by Crippen LogP contribution is 2.16. The second-order valence-corrected chi connectivity index (χ2v) is 5.34. The van der Waals surface area contributed by atoms with Gasteiger partial charge in [0.1, 0.15) is 5.82 Å². The van der Waals surface area contributed by atoms with Gasteiger partial charge in [0.2, 0.25) is 0 Å². The van der Waals surface area contributed by atoms with E-state index in [2.05, 4.69) is 20.8 Å². The number of hydrogen-bond acceptors (Lipinski definition) is 4. The van der Waals surface area contributed by atoms with Crippen molar-refractivity contribution in [2.45, 2.75) is 6.42 Å². The Hall–Kier alpha value is -3.09. The summed E-state index contributed by atoms with van der Waals surface area (Å²) in [5, 5.41) is 14.2. The van der Waals surface area contributed by atoms with Crippen molar-refractivity contribution in [2.24, 2.45) is 7.05 Å². The zero-order valence-electron chi connectivity index (χ0n) is 13.1. The van der Waals surface area contributed by atoms with Crippen LogP contribution in [0.5, 0.6) is 0 Å². The summed E-state index contributed by atoms with van der Waals surface area (Å²) in [6.45, 7) is 0.472. The summed E-state index contributed by atoms with van der Waals surface area (Å²) in [6, 6.07) is 13.4. The predicted molar refractivity (Wildman–Crippen MR) is 86.7 cm³/mol. The van der Waals surface area contributed by atoms with Gasteiger partial charge >= 0.3 is 0 Å². The van der Waals surface area contributed by atoms with Crippen LogP contribution in [0.25, 0.3) is 11.4 Å². The van der Waals surface area contributed by atoms with E-state index in [4.69, 9.17) is 0 Å². The summed E-state index contributed by atoms with van der Waals surface area (Å²) in [4.78, 5) is 12.3. The van der Waals surface area contributed by atoms with E-state index >= 15 is 0 Å². The Bertz CT molecular complexity index is 844. The molecule has 1 heterocycles. The van der Waals surface area contributed by atoms with Crippen LogP contribution in [0.2, 0.25) is 0 Å². The summed E-state index contributed by atoms with van der Waals surface area (Å²) in [5.74, 6) is 0.155. The Kier molecular flexibility index (Phi) is 4.60. The lowest BCUT2D eigenvalue weighted by atomic mass is 10.1. The van der Waals surface area contributed by atoms with Crippen molar-refractivity contribution in [2.75, 3.05) is 6.54 Å². The normalized spacial score (nSPS) is 10.6. The topological polar surface area (TPSA) is 72.7 Å². The van der Waals surface area contributed by atoms with E-state index in [1.807, 2.05) is 6.07 Å². The largest absolute Gasteiger partial charge is 0.352 e. The molecule has 0 saturated carbocycles. The van der Waals surface area contributed by atoms with Gasteiger partial charge in [0.15, 0.2) is 5.82 Å². The molecule has 122 valence electrons. The first-order valence-corrected chi connectivity index (χ1v) is 7.49. The predicted octanol–water partition coefficient (Wildman–Crippen LogP) is 1.99. The number of carbonyl (C=O) groups is 1. The molecular formula is C17H16FN5O. The average molecular weight is 325 g/mol. The lowest BCUT2D eigenvalue weighted by Crippen LogP contribution is -2.25. The van der Waals surface area contributed by atoms with Crippen LogP contribution in [0.1, 0.15) is 15.9 Å². The molecule has 3 rings (SSSR count). The van der Waals surface area contributed by atoms with Crippen LogP contribution >= 0.6 is 0 Å². The molecule has 24 heavy (non-hydrogen) atoms. The molecule has 0 spiro atoms. The zero-order valence-corrected chi connectivity index (χ0v) is 13.1. The van der Waals surface area contributed by atoms with E-state index in [1.165, 1.54) is 12.1 Å². The van der Waals surface area contributed by atoms with Crippen LogP contribution in [0.4, 0.5) is 4.39 Å². The van der Waals surface area contributed by atoms with Crippen LogP contribution in [0, 0.1) is 5.82 Å². The minimum Gasteiger partial charge on any atom is -0.352 e. The minimum atomic E-state index is -0.266. The molecule has 2 aromatic carbocycles. The standard InChI is InChI=1S/C17H16FN5O/c1-23-16(20-21-22-23)13-3-2-4-14(11-13)17(24)19-10-9-12-5-7-15(18)8-6-12/h2-8,11H,9-10H2,1H3,(H,19,24). The number of tetrazole rings is 1. The number of carbonyl (C=O) groups excluding carboxylic acids is 1. The van der Waals surface area contributed by atoms with Gasteiger partial charge in [-0.15, -0.1) is 5.10 Å². The summed E-state index contributed by atoms with van der Waals surface area (Å²) in [7, 11) is 1.74. The third-order valence-electron chi connectivity index (χ3n) is 3.62. The molecule has 1 amide bonds. The van der Waals surface area contributed by atoms with Gasteiger partial charge in [-0.1, -0.05) is 24.3 Å². The number of nitrogens with zero attached hydrogens (tertiary/aromatic N) is 4. The molecular weight excluding hydrogens is 309 g/mol. The Morgan fingerprint density at radius 2 is 2.00 bits per heavy atom. The van der Waals surface area contributed by atoms with Crippen molar-refractivity contribution in [3.63, 3.8) is 0 Å². The van der Waals surface area contributed by atoms with Gasteiger partial charge in [0.25, 0.3) is 5.91 Å². The SMILES string of the molecule is Cn1nnnc1-c1cccc(C(=O)NCCc2ccc(F)cc2)c1. The second kappa shape index (κ2) is 6.99. The fourth-order valence-electron chi connectivity index (χ4n) is 2.35. The summed E-state index contributed by atoms with van der Waals surface area (Å²) >= 11 is 0. The first-order chi connectivity index (χ1) is 11.6. The molecule has 0 aliphatic heterocycles. The molecule has 0 aliphatic carbocycles. The number of aryl methyl sites for hydroxylation is 1. The maximum Gasteiger partial charge on any atom is 0.251 e. The smallest absolute Gasteiger partial charge is 0.251 e. The fraction of sp³-hybridized carbons (Fsp3) is 0.176. The van der Waals surface area contributed by atoms with Gasteiger partial charge in [0.05, 0.1) is 0 Å². The number of halogens is 1. The van der Waals surface area contributed by atoms with Gasteiger partial charge < -0.3 is 5.32 Å². The Labute approximate surface area is 138 Å². The molecule has 0 unspecified atom stereocenters. The third kappa shape index (κ3) is 3.62. The van der Waals surface area contributed by atoms with Gasteiger partial charge in [-0.2, -0.15) is 0 Å². The number of benzene rings is 2. The number of nitrogens with one attached hydrogen (secondary N) is 1. The maximum absolute atomic E-state index is 12.9. The van der Waals surface area contributed by atoms with Gasteiger partial charge in [-0.05, 0) is 46.7 Å². The van der Waals surface area contributed by atoms with Crippen LogP contribution in [-0.4, -0.2) is 32.7 Å². The Morgan fingerprint density at radius 1 is 1.21 bits per heavy atom. The molecule has 0 radical (unpaired) electrons. The lowest BCUT2D eigenvalue weighted by molar-refractivity contribution is 0.0954. The maximum atomic E-state index is 12.9. The first-order valence-electron chi connectivity index (χ1n) is 7.49. The van der Waals surface area contributed by atoms with Crippen molar-refractivity contribution in [3.8, 4) is 11.4 Å². The third-order valence-corrected chi connectivity index (χ3v) is 3.62. The monoisotopic (exact) mass is 325 g/mol. The highest BCUT2D eigenvalue weighted by Gasteiger charge is 2.10. The molecule has 7 heteroatoms. The molecule has 1 N–H and O–H groups in total. The van der Waals surface area contributed by atoms with Crippen LogP contribution in [0.15, 0.2) is 48.5 Å². The number of amides is 1.